The molecule has 0 saturated carbocycles. The smallest absolute Gasteiger partial charge is 0.286 e. The van der Waals surface area contributed by atoms with Gasteiger partial charge in [0.05, 0.1) is 0 Å². The first-order valence-corrected chi connectivity index (χ1v) is 11.8. The Labute approximate surface area is 175 Å². The average molecular weight is 402 g/mol. The molecular formula is C26H29O2Si. The molecule has 0 unspecified atom stereocenters. The molecule has 1 radical (unpaired) electrons. The fourth-order valence-corrected chi connectivity index (χ4v) is 6.41. The van der Waals surface area contributed by atoms with Crippen molar-refractivity contribution in [1.82, 2.24) is 0 Å². The lowest BCUT2D eigenvalue weighted by Gasteiger charge is -2.39. The largest absolute Gasteiger partial charge is 0.376 e. The van der Waals surface area contributed by atoms with E-state index in [2.05, 4.69) is 63.2 Å². The molecule has 2 nitrogen and oxygen atoms in total. The molecule has 0 spiro atoms. The van der Waals surface area contributed by atoms with E-state index in [0.29, 0.717) is 6.42 Å². The number of aliphatic hydroxyl groups is 1. The molecule has 1 aliphatic carbocycles. The van der Waals surface area contributed by atoms with Gasteiger partial charge >= 0.3 is 0 Å². The molecule has 0 heterocycles. The van der Waals surface area contributed by atoms with Gasteiger partial charge in [0.2, 0.25) is 0 Å². The Balaban J connectivity index is 1.78. The molecule has 0 amide bonds. The lowest BCUT2D eigenvalue weighted by molar-refractivity contribution is -0.158. The van der Waals surface area contributed by atoms with Gasteiger partial charge in [-0.25, -0.2) is 0 Å². The number of hydrogen-bond acceptors (Lipinski definition) is 2. The molecular weight excluding hydrogens is 372 g/mol. The van der Waals surface area contributed by atoms with Crippen LogP contribution in [0.5, 0.6) is 0 Å². The van der Waals surface area contributed by atoms with Crippen LogP contribution in [0.15, 0.2) is 78.9 Å². The van der Waals surface area contributed by atoms with Gasteiger partial charge in [-0.05, 0) is 39.8 Å². The zero-order valence-electron chi connectivity index (χ0n) is 17.5. The number of fused-ring (bicyclic) bond motifs is 1. The van der Waals surface area contributed by atoms with E-state index in [-0.39, 0.29) is 5.41 Å². The van der Waals surface area contributed by atoms with Crippen LogP contribution in [0, 0.1) is 0 Å². The highest BCUT2D eigenvalue weighted by molar-refractivity contribution is 6.80. The van der Waals surface area contributed by atoms with Crippen molar-refractivity contribution in [2.45, 2.75) is 51.2 Å². The normalized spacial score (nSPS) is 19.2. The summed E-state index contributed by atoms with van der Waals surface area (Å²) >= 11 is 0. The molecule has 1 aliphatic rings. The van der Waals surface area contributed by atoms with Crippen LogP contribution in [0.2, 0.25) is 0 Å². The number of benzene rings is 3. The van der Waals surface area contributed by atoms with Crippen molar-refractivity contribution >= 4 is 19.4 Å². The van der Waals surface area contributed by atoms with Crippen LogP contribution in [-0.2, 0) is 22.0 Å². The molecule has 3 aromatic carbocycles. The minimum atomic E-state index is -1.60. The summed E-state index contributed by atoms with van der Waals surface area (Å²) < 4.78 is 6.70. The van der Waals surface area contributed by atoms with Gasteiger partial charge in [0.25, 0.3) is 9.04 Å². The first kappa shape index (κ1) is 20.1. The fourth-order valence-electron chi connectivity index (χ4n) is 4.30. The third-order valence-corrected chi connectivity index (χ3v) is 7.95. The van der Waals surface area contributed by atoms with Gasteiger partial charge < -0.3 is 9.53 Å². The number of rotatable bonds is 4. The summed E-state index contributed by atoms with van der Waals surface area (Å²) in [6, 6.07) is 27.0. The van der Waals surface area contributed by atoms with E-state index in [4.69, 9.17) is 4.43 Å². The third-order valence-electron chi connectivity index (χ3n) is 5.69. The molecule has 0 aliphatic heterocycles. The molecule has 0 bridgehead atoms. The first-order chi connectivity index (χ1) is 13.9. The van der Waals surface area contributed by atoms with Crippen molar-refractivity contribution in [2.75, 3.05) is 0 Å². The lowest BCUT2D eigenvalue weighted by Crippen LogP contribution is -2.51. The zero-order valence-corrected chi connectivity index (χ0v) is 18.5. The van der Waals surface area contributed by atoms with Crippen LogP contribution in [0.4, 0.5) is 0 Å². The van der Waals surface area contributed by atoms with Crippen LogP contribution < -0.4 is 10.4 Å². The van der Waals surface area contributed by atoms with Crippen LogP contribution in [0.1, 0.15) is 50.3 Å². The van der Waals surface area contributed by atoms with Gasteiger partial charge in [0.1, 0.15) is 0 Å². The molecule has 29 heavy (non-hydrogen) atoms. The summed E-state index contributed by atoms with van der Waals surface area (Å²) in [5, 5.41) is 14.1. The Kier molecular flexibility index (Phi) is 5.47. The van der Waals surface area contributed by atoms with Gasteiger partial charge in [-0.3, -0.25) is 0 Å². The molecule has 1 N–H and O–H groups in total. The molecule has 3 aromatic rings. The molecule has 0 aromatic heterocycles. The van der Waals surface area contributed by atoms with Crippen molar-refractivity contribution < 1.29 is 9.53 Å². The summed E-state index contributed by atoms with van der Waals surface area (Å²) in [6.45, 7) is 6.71. The minimum absolute atomic E-state index is 0.0379. The maximum Gasteiger partial charge on any atom is 0.286 e. The topological polar surface area (TPSA) is 29.5 Å². The molecule has 0 fully saturated rings. The van der Waals surface area contributed by atoms with Gasteiger partial charge in [0, 0.05) is 12.0 Å². The SMILES string of the molecule is CC(C)(C)c1cccc2c1CCC[C@]2(O)O[Si](c1ccccc1)c1ccccc1. The second kappa shape index (κ2) is 7.90. The van der Waals surface area contributed by atoms with E-state index >= 15 is 0 Å². The zero-order chi connectivity index (χ0) is 20.5. The quantitative estimate of drug-likeness (QED) is 0.522. The van der Waals surface area contributed by atoms with Crippen molar-refractivity contribution in [3.8, 4) is 0 Å². The highest BCUT2D eigenvalue weighted by atomic mass is 28.3. The minimum Gasteiger partial charge on any atom is -0.376 e. The lowest BCUT2D eigenvalue weighted by atomic mass is 9.76. The highest BCUT2D eigenvalue weighted by Crippen LogP contribution is 2.41. The third kappa shape index (κ3) is 4.09. The van der Waals surface area contributed by atoms with Crippen molar-refractivity contribution in [3.63, 3.8) is 0 Å². The Morgan fingerprint density at radius 1 is 0.828 bits per heavy atom. The standard InChI is InChI=1S/C26H29O2Si/c1-25(2,3)23-17-10-18-24-22(23)16-11-19-26(24,27)28-29(20-12-6-4-7-13-20)21-14-8-5-9-15-21/h4-10,12-15,17-18,27H,11,16,19H2,1-3H3/t26-/m0/s1. The van der Waals surface area contributed by atoms with Gasteiger partial charge in [-0.1, -0.05) is 99.6 Å². The van der Waals surface area contributed by atoms with Crippen LogP contribution in [0.3, 0.4) is 0 Å². The summed E-state index contributed by atoms with van der Waals surface area (Å²) in [7, 11) is -1.60. The Morgan fingerprint density at radius 2 is 1.41 bits per heavy atom. The maximum atomic E-state index is 11.8. The van der Waals surface area contributed by atoms with E-state index in [9.17, 15) is 5.11 Å². The molecule has 0 saturated heterocycles. The van der Waals surface area contributed by atoms with E-state index in [1.165, 1.54) is 11.1 Å². The molecule has 149 valence electrons. The molecule has 4 rings (SSSR count). The van der Waals surface area contributed by atoms with Crippen LogP contribution >= 0.6 is 0 Å². The average Bonchev–Trinajstić information content (AvgIpc) is 2.73. The summed E-state index contributed by atoms with van der Waals surface area (Å²) in [5.41, 5.74) is 3.56. The predicted molar refractivity (Wildman–Crippen MR) is 121 cm³/mol. The van der Waals surface area contributed by atoms with Crippen molar-refractivity contribution in [1.29, 1.82) is 0 Å². The van der Waals surface area contributed by atoms with E-state index in [0.717, 1.165) is 28.8 Å². The Morgan fingerprint density at radius 3 is 1.97 bits per heavy atom. The highest BCUT2D eigenvalue weighted by Gasteiger charge is 2.40. The van der Waals surface area contributed by atoms with Crippen molar-refractivity contribution in [2.24, 2.45) is 0 Å². The summed E-state index contributed by atoms with van der Waals surface area (Å²) in [5.74, 6) is -1.26. The Bertz CT molecular complexity index is 924. The summed E-state index contributed by atoms with van der Waals surface area (Å²) in [6.07, 6.45) is 2.55. The number of hydrogen-bond donors (Lipinski definition) is 1. The first-order valence-electron chi connectivity index (χ1n) is 10.4. The summed E-state index contributed by atoms with van der Waals surface area (Å²) in [4.78, 5) is 0. The van der Waals surface area contributed by atoms with Crippen molar-refractivity contribution in [3.05, 3.63) is 95.6 Å². The maximum absolute atomic E-state index is 11.8. The van der Waals surface area contributed by atoms with Gasteiger partial charge in [-0.15, -0.1) is 0 Å². The fraction of sp³-hybridized carbons (Fsp3) is 0.308. The molecule has 3 heteroatoms. The Hall–Kier alpha value is -2.20. The van der Waals surface area contributed by atoms with Crippen LogP contribution in [-0.4, -0.2) is 14.1 Å². The molecule has 1 atom stereocenters. The predicted octanol–water partition coefficient (Wildman–Crippen LogP) is 4.29. The monoisotopic (exact) mass is 401 g/mol. The van der Waals surface area contributed by atoms with Gasteiger partial charge in [0.15, 0.2) is 5.79 Å². The van der Waals surface area contributed by atoms with Crippen LogP contribution in [0.25, 0.3) is 0 Å². The van der Waals surface area contributed by atoms with E-state index in [1.807, 2.05) is 36.4 Å². The second-order valence-electron chi connectivity index (χ2n) is 8.88. The van der Waals surface area contributed by atoms with E-state index < -0.39 is 14.8 Å². The van der Waals surface area contributed by atoms with E-state index in [1.54, 1.807) is 0 Å². The van der Waals surface area contributed by atoms with Gasteiger partial charge in [-0.2, -0.15) is 0 Å². The second-order valence-corrected chi connectivity index (χ2v) is 10.9.